The van der Waals surface area contributed by atoms with E-state index in [4.69, 9.17) is 4.74 Å². The van der Waals surface area contributed by atoms with Crippen LogP contribution in [0, 0.1) is 24.0 Å². The molecule has 0 unspecified atom stereocenters. The Morgan fingerprint density at radius 3 is 2.43 bits per heavy atom. The first kappa shape index (κ1) is 21.7. The van der Waals surface area contributed by atoms with Crippen molar-refractivity contribution in [3.63, 3.8) is 0 Å². The van der Waals surface area contributed by atoms with Crippen LogP contribution < -0.4 is 4.74 Å². The molecule has 1 amide bonds. The molecule has 3 rings (SSSR count). The molecule has 2 aromatic rings. The molecule has 1 heterocycles. The lowest BCUT2D eigenvalue weighted by Gasteiger charge is -2.34. The number of rotatable bonds is 6. The van der Waals surface area contributed by atoms with Gasteiger partial charge < -0.3 is 9.64 Å². The van der Waals surface area contributed by atoms with E-state index >= 15 is 0 Å². The number of benzene rings is 2. The Labute approximate surface area is 175 Å². The van der Waals surface area contributed by atoms with E-state index in [1.807, 2.05) is 13.0 Å². The minimum absolute atomic E-state index is 0.0204. The van der Waals surface area contributed by atoms with Crippen molar-refractivity contribution in [1.82, 2.24) is 9.21 Å². The van der Waals surface area contributed by atoms with Gasteiger partial charge in [0.15, 0.2) is 12.4 Å². The van der Waals surface area contributed by atoms with E-state index in [9.17, 15) is 23.3 Å². The normalized spacial score (nSPS) is 15.1. The minimum Gasteiger partial charge on any atom is -0.477 e. The fourth-order valence-electron chi connectivity index (χ4n) is 3.26. The van der Waals surface area contributed by atoms with Crippen LogP contribution in [-0.2, 0) is 14.8 Å². The lowest BCUT2D eigenvalue weighted by molar-refractivity contribution is -0.385. The number of piperazine rings is 1. The lowest BCUT2D eigenvalue weighted by atomic mass is 10.2. The largest absolute Gasteiger partial charge is 0.477 e. The third-order valence-corrected chi connectivity index (χ3v) is 7.01. The Hall–Kier alpha value is -2.98. The fourth-order valence-corrected chi connectivity index (χ4v) is 4.99. The van der Waals surface area contributed by atoms with Gasteiger partial charge in [-0.15, -0.1) is 0 Å². The summed E-state index contributed by atoms with van der Waals surface area (Å²) >= 11 is 0. The molecular formula is C20H23N3O6S. The molecule has 9 nitrogen and oxygen atoms in total. The second-order valence-corrected chi connectivity index (χ2v) is 8.97. The molecular weight excluding hydrogens is 410 g/mol. The summed E-state index contributed by atoms with van der Waals surface area (Å²) in [6.45, 7) is 4.04. The van der Waals surface area contributed by atoms with Gasteiger partial charge in [0, 0.05) is 32.2 Å². The van der Waals surface area contributed by atoms with Gasteiger partial charge in [-0.3, -0.25) is 14.9 Å². The van der Waals surface area contributed by atoms with Crippen molar-refractivity contribution in [3.05, 3.63) is 63.7 Å². The predicted octanol–water partition coefficient (Wildman–Crippen LogP) is 2.12. The van der Waals surface area contributed by atoms with Crippen LogP contribution >= 0.6 is 0 Å². The van der Waals surface area contributed by atoms with Gasteiger partial charge in [-0.2, -0.15) is 4.31 Å². The van der Waals surface area contributed by atoms with Crippen molar-refractivity contribution in [3.8, 4) is 5.75 Å². The molecule has 0 N–H and O–H groups in total. The van der Waals surface area contributed by atoms with Gasteiger partial charge in [0.2, 0.25) is 10.0 Å². The summed E-state index contributed by atoms with van der Waals surface area (Å²) in [5, 5.41) is 11.0. The van der Waals surface area contributed by atoms with Crippen molar-refractivity contribution < 1.29 is 22.9 Å². The molecule has 0 spiro atoms. The molecule has 1 fully saturated rings. The number of hydrogen-bond donors (Lipinski definition) is 0. The van der Waals surface area contributed by atoms with Crippen LogP contribution in [0.3, 0.4) is 0 Å². The Balaban J connectivity index is 1.61. The molecule has 1 saturated heterocycles. The smallest absolute Gasteiger partial charge is 0.310 e. The van der Waals surface area contributed by atoms with Gasteiger partial charge in [-0.05, 0) is 37.1 Å². The number of carbonyl (C=O) groups is 1. The topological polar surface area (TPSA) is 110 Å². The highest BCUT2D eigenvalue weighted by Gasteiger charge is 2.31. The number of amides is 1. The summed E-state index contributed by atoms with van der Waals surface area (Å²) in [7, 11) is -3.65. The van der Waals surface area contributed by atoms with E-state index in [-0.39, 0.29) is 55.0 Å². The van der Waals surface area contributed by atoms with Crippen molar-refractivity contribution in [1.29, 1.82) is 0 Å². The maximum atomic E-state index is 13.0. The number of para-hydroxylation sites is 2. The molecule has 0 saturated carbocycles. The van der Waals surface area contributed by atoms with Crippen LogP contribution in [0.4, 0.5) is 5.69 Å². The van der Waals surface area contributed by atoms with Crippen LogP contribution in [0.15, 0.2) is 47.4 Å². The fraction of sp³-hybridized carbons (Fsp3) is 0.350. The third kappa shape index (κ3) is 4.60. The first-order chi connectivity index (χ1) is 14.2. The molecule has 30 heavy (non-hydrogen) atoms. The number of aryl methyl sites for hydroxylation is 2. The van der Waals surface area contributed by atoms with Gasteiger partial charge >= 0.3 is 5.69 Å². The molecule has 0 aliphatic carbocycles. The number of hydrogen-bond acceptors (Lipinski definition) is 6. The first-order valence-electron chi connectivity index (χ1n) is 9.41. The van der Waals surface area contributed by atoms with E-state index in [0.29, 0.717) is 5.56 Å². The zero-order chi connectivity index (χ0) is 21.9. The summed E-state index contributed by atoms with van der Waals surface area (Å²) in [5.41, 5.74) is 1.33. The zero-order valence-corrected chi connectivity index (χ0v) is 17.6. The molecule has 1 aliphatic heterocycles. The number of nitro groups is 1. The van der Waals surface area contributed by atoms with Gasteiger partial charge in [0.05, 0.1) is 9.82 Å². The number of ether oxygens (including phenoxy) is 1. The highest BCUT2D eigenvalue weighted by atomic mass is 32.2. The zero-order valence-electron chi connectivity index (χ0n) is 16.8. The molecule has 160 valence electrons. The van der Waals surface area contributed by atoms with E-state index < -0.39 is 14.9 Å². The Bertz CT molecular complexity index is 1060. The van der Waals surface area contributed by atoms with E-state index in [0.717, 1.165) is 5.56 Å². The number of sulfonamides is 1. The molecule has 2 aromatic carbocycles. The summed E-state index contributed by atoms with van der Waals surface area (Å²) in [4.78, 5) is 24.7. The van der Waals surface area contributed by atoms with Crippen molar-refractivity contribution in [2.45, 2.75) is 18.7 Å². The molecule has 0 radical (unpaired) electrons. The summed E-state index contributed by atoms with van der Waals surface area (Å²) < 4.78 is 32.7. The van der Waals surface area contributed by atoms with Crippen LogP contribution in [0.2, 0.25) is 0 Å². The molecule has 0 aromatic heterocycles. The quantitative estimate of drug-likeness (QED) is 0.510. The van der Waals surface area contributed by atoms with Crippen LogP contribution in [0.5, 0.6) is 5.75 Å². The number of carbonyl (C=O) groups excluding carboxylic acids is 1. The molecule has 0 atom stereocenters. The monoisotopic (exact) mass is 433 g/mol. The van der Waals surface area contributed by atoms with Crippen LogP contribution in [0.1, 0.15) is 11.1 Å². The first-order valence-corrected chi connectivity index (χ1v) is 10.9. The van der Waals surface area contributed by atoms with Gasteiger partial charge in [-0.1, -0.05) is 24.3 Å². The van der Waals surface area contributed by atoms with Crippen molar-refractivity contribution in [2.75, 3.05) is 32.8 Å². The van der Waals surface area contributed by atoms with E-state index in [2.05, 4.69) is 0 Å². The van der Waals surface area contributed by atoms with Crippen LogP contribution in [0.25, 0.3) is 0 Å². The minimum atomic E-state index is -3.65. The average molecular weight is 433 g/mol. The van der Waals surface area contributed by atoms with Crippen molar-refractivity contribution >= 4 is 21.6 Å². The van der Waals surface area contributed by atoms with Gasteiger partial charge in [0.25, 0.3) is 5.91 Å². The van der Waals surface area contributed by atoms with Gasteiger partial charge in [0.1, 0.15) is 0 Å². The van der Waals surface area contributed by atoms with E-state index in [1.165, 1.54) is 27.4 Å². The average Bonchev–Trinajstić information content (AvgIpc) is 2.73. The molecule has 1 aliphatic rings. The third-order valence-electron chi connectivity index (χ3n) is 4.97. The Morgan fingerprint density at radius 1 is 1.10 bits per heavy atom. The number of nitrogens with zero attached hydrogens (tertiary/aromatic N) is 3. The molecule has 10 heteroatoms. The predicted molar refractivity (Wildman–Crippen MR) is 110 cm³/mol. The highest BCUT2D eigenvalue weighted by Crippen LogP contribution is 2.26. The summed E-state index contributed by atoms with van der Waals surface area (Å²) in [6, 6.07) is 11.1. The summed E-state index contributed by atoms with van der Waals surface area (Å²) in [5.74, 6) is -0.330. The maximum Gasteiger partial charge on any atom is 0.310 e. The van der Waals surface area contributed by atoms with Crippen molar-refractivity contribution in [2.24, 2.45) is 0 Å². The Morgan fingerprint density at radius 2 is 1.77 bits per heavy atom. The molecule has 0 bridgehead atoms. The second kappa shape index (κ2) is 8.80. The SMILES string of the molecule is Cc1ccc(C)c(S(=O)(=O)N2CCN(C(=O)COc3ccccc3[N+](=O)[O-])CC2)c1. The standard InChI is InChI=1S/C20H23N3O6S/c1-15-7-8-16(2)19(13-15)30(27,28)22-11-9-21(10-12-22)20(24)14-29-18-6-4-3-5-17(18)23(25)26/h3-8,13H,9-12,14H2,1-2H3. The van der Waals surface area contributed by atoms with Gasteiger partial charge in [-0.25, -0.2) is 8.42 Å². The number of nitro benzene ring substituents is 1. The van der Waals surface area contributed by atoms with E-state index in [1.54, 1.807) is 25.1 Å². The second-order valence-electron chi connectivity index (χ2n) is 7.07. The Kier molecular flexibility index (Phi) is 6.37. The highest BCUT2D eigenvalue weighted by molar-refractivity contribution is 7.89. The lowest BCUT2D eigenvalue weighted by Crippen LogP contribution is -2.51. The van der Waals surface area contributed by atoms with Crippen LogP contribution in [-0.4, -0.2) is 61.2 Å². The maximum absolute atomic E-state index is 13.0. The summed E-state index contributed by atoms with van der Waals surface area (Å²) in [6.07, 6.45) is 0.